The van der Waals surface area contributed by atoms with Crippen LogP contribution < -0.4 is 34.5 Å². The Hall–Kier alpha value is 1.89. The molecule has 2 nitrogen and oxygen atoms in total. The third-order valence-electron chi connectivity index (χ3n) is 0.680. The van der Waals surface area contributed by atoms with Gasteiger partial charge in [0.1, 0.15) is 5.77 Å². The summed E-state index contributed by atoms with van der Waals surface area (Å²) >= 11 is 2.10. The van der Waals surface area contributed by atoms with Crippen LogP contribution in [0.3, 0.4) is 0 Å². The van der Waals surface area contributed by atoms with E-state index in [0.717, 1.165) is 22.8 Å². The van der Waals surface area contributed by atoms with Crippen molar-refractivity contribution < 1.29 is 39.0 Å². The van der Waals surface area contributed by atoms with E-state index in [1.807, 2.05) is 27.7 Å². The maximum Gasteiger partial charge on any atom is 1.00 e. The van der Waals surface area contributed by atoms with Crippen LogP contribution in [0.1, 0.15) is 27.7 Å². The van der Waals surface area contributed by atoms with Crippen LogP contribution in [0, 0.1) is 0 Å². The van der Waals surface area contributed by atoms with E-state index in [-0.39, 0.29) is 40.1 Å². The number of rotatable bonds is 4. The molecule has 0 radical (unpaired) electrons. The van der Waals surface area contributed by atoms with Gasteiger partial charge in [-0.05, 0) is 0 Å². The first-order valence-electron chi connectivity index (χ1n) is 3.51. The van der Waals surface area contributed by atoms with Crippen molar-refractivity contribution in [3.63, 3.8) is 0 Å². The van der Waals surface area contributed by atoms with Gasteiger partial charge in [-0.2, -0.15) is 0 Å². The van der Waals surface area contributed by atoms with Gasteiger partial charge in [-0.25, -0.2) is 0 Å². The molecule has 0 bridgehead atoms. The molecule has 0 fully saturated rings. The first-order chi connectivity index (χ1) is 4.83. The quantitative estimate of drug-likeness (QED) is 0.498. The molecule has 68 valence electrons. The molecule has 0 aromatic heterocycles. The Balaban J connectivity index is 0. The smallest absolute Gasteiger partial charge is 0.784 e. The van der Waals surface area contributed by atoms with Crippen LogP contribution in [0.2, 0.25) is 0 Å². The van der Waals surface area contributed by atoms with E-state index < -0.39 is 5.77 Å². The summed E-state index contributed by atoms with van der Waals surface area (Å²) in [4.78, 5) is 11.2. The van der Waals surface area contributed by atoms with Gasteiger partial charge in [-0.15, -0.1) is 0 Å². The zero-order valence-corrected chi connectivity index (χ0v) is 12.8. The molecule has 0 aromatic rings. The van der Waals surface area contributed by atoms with Crippen molar-refractivity contribution in [3.05, 3.63) is 0 Å². The Labute approximate surface area is 105 Å². The summed E-state index contributed by atoms with van der Waals surface area (Å²) in [6.07, 6.45) is 0. The van der Waals surface area contributed by atoms with E-state index in [9.17, 15) is 9.46 Å². The van der Waals surface area contributed by atoms with Crippen molar-refractivity contribution in [2.24, 2.45) is 0 Å². The second-order valence-electron chi connectivity index (χ2n) is 2.76. The molecule has 0 saturated heterocycles. The van der Waals surface area contributed by atoms with Gasteiger partial charge in [0.05, 0.1) is 0 Å². The SMILES string of the molecule is CC(C)SP(=O)([O-])SC(C)C.[Na+]. The summed E-state index contributed by atoms with van der Waals surface area (Å²) in [6.45, 7) is 7.54. The predicted molar refractivity (Wildman–Crippen MR) is 53.1 cm³/mol. The van der Waals surface area contributed by atoms with Gasteiger partial charge in [0.2, 0.25) is 0 Å². The monoisotopic (exact) mass is 236 g/mol. The molecular weight excluding hydrogens is 222 g/mol. The molecule has 0 rings (SSSR count). The van der Waals surface area contributed by atoms with Crippen molar-refractivity contribution in [2.75, 3.05) is 0 Å². The van der Waals surface area contributed by atoms with Crippen LogP contribution in [0.5, 0.6) is 0 Å². The van der Waals surface area contributed by atoms with Crippen molar-refractivity contribution in [3.8, 4) is 0 Å². The molecule has 0 unspecified atom stereocenters. The van der Waals surface area contributed by atoms with Crippen molar-refractivity contribution in [1.82, 2.24) is 0 Å². The molecule has 0 amide bonds. The van der Waals surface area contributed by atoms with E-state index in [0.29, 0.717) is 0 Å². The van der Waals surface area contributed by atoms with Crippen molar-refractivity contribution in [2.45, 2.75) is 38.2 Å². The molecule has 0 aromatic carbocycles. The van der Waals surface area contributed by atoms with Crippen molar-refractivity contribution >= 4 is 28.5 Å². The fourth-order valence-corrected chi connectivity index (χ4v) is 8.42. The summed E-state index contributed by atoms with van der Waals surface area (Å²) in [7, 11) is 0. The van der Waals surface area contributed by atoms with Gasteiger partial charge >= 0.3 is 29.6 Å². The maximum absolute atomic E-state index is 11.2. The minimum atomic E-state index is -3.22. The molecule has 0 heterocycles. The van der Waals surface area contributed by atoms with Gasteiger partial charge in [0, 0.05) is 10.5 Å². The Bertz CT molecular complexity index is 150. The van der Waals surface area contributed by atoms with Gasteiger partial charge in [0.15, 0.2) is 0 Å². The minimum absolute atomic E-state index is 0. The molecule has 0 aliphatic carbocycles. The normalized spacial score (nSPS) is 11.9. The largest absolute Gasteiger partial charge is 1.00 e. The van der Waals surface area contributed by atoms with E-state index in [4.69, 9.17) is 0 Å². The van der Waals surface area contributed by atoms with E-state index in [2.05, 4.69) is 0 Å². The Kier molecular flexibility index (Phi) is 9.82. The van der Waals surface area contributed by atoms with Crippen LogP contribution in [0.15, 0.2) is 0 Å². The summed E-state index contributed by atoms with van der Waals surface area (Å²) in [6, 6.07) is 0. The standard InChI is InChI=1S/C6H15O2PS2.Na/c1-5(2)10-9(7,8)11-6(3)4;/h5-6H,1-4H3,(H,7,8);/q;+1/p-1. The third-order valence-corrected chi connectivity index (χ3v) is 7.67. The Morgan fingerprint density at radius 3 is 1.50 bits per heavy atom. The molecule has 0 aliphatic heterocycles. The summed E-state index contributed by atoms with van der Waals surface area (Å²) in [5, 5.41) is 0.314. The van der Waals surface area contributed by atoms with Crippen LogP contribution in [0.25, 0.3) is 0 Å². The second kappa shape index (κ2) is 7.22. The third kappa shape index (κ3) is 9.97. The summed E-state index contributed by atoms with van der Waals surface area (Å²) < 4.78 is 11.2. The zero-order valence-electron chi connectivity index (χ0n) is 8.23. The molecule has 6 heteroatoms. The first-order valence-corrected chi connectivity index (χ1v) is 8.11. The minimum Gasteiger partial charge on any atom is -0.784 e. The molecule has 0 saturated carbocycles. The molecule has 0 aliphatic rings. The summed E-state index contributed by atoms with van der Waals surface area (Å²) in [5.74, 6) is -3.22. The molecular formula is C6H14NaO2PS2. The maximum atomic E-state index is 11.2. The average molecular weight is 236 g/mol. The van der Waals surface area contributed by atoms with Crippen molar-refractivity contribution in [1.29, 1.82) is 0 Å². The van der Waals surface area contributed by atoms with Crippen LogP contribution in [0.4, 0.5) is 0 Å². The van der Waals surface area contributed by atoms with Crippen LogP contribution >= 0.6 is 28.5 Å². The van der Waals surface area contributed by atoms with Crippen LogP contribution in [-0.4, -0.2) is 10.5 Å². The molecule has 0 atom stereocenters. The van der Waals surface area contributed by atoms with E-state index in [1.54, 1.807) is 0 Å². The van der Waals surface area contributed by atoms with Gasteiger partial charge in [-0.3, -0.25) is 0 Å². The second-order valence-corrected chi connectivity index (χ2v) is 10.8. The molecule has 0 N–H and O–H groups in total. The summed E-state index contributed by atoms with van der Waals surface area (Å²) in [5.41, 5.74) is 0. The Morgan fingerprint density at radius 1 is 1.08 bits per heavy atom. The van der Waals surface area contributed by atoms with Crippen LogP contribution in [-0.2, 0) is 4.57 Å². The molecule has 0 spiro atoms. The van der Waals surface area contributed by atoms with E-state index >= 15 is 0 Å². The first kappa shape index (κ1) is 16.3. The van der Waals surface area contributed by atoms with Gasteiger partial charge in [-0.1, -0.05) is 50.5 Å². The zero-order chi connectivity index (χ0) is 9.07. The van der Waals surface area contributed by atoms with E-state index in [1.165, 1.54) is 0 Å². The topological polar surface area (TPSA) is 40.1 Å². The fourth-order valence-electron chi connectivity index (χ4n) is 0.541. The predicted octanol–water partition coefficient (Wildman–Crippen LogP) is -0.258. The van der Waals surface area contributed by atoms with Gasteiger partial charge < -0.3 is 9.46 Å². The number of hydrogen-bond donors (Lipinski definition) is 0. The van der Waals surface area contributed by atoms with Gasteiger partial charge in [0.25, 0.3) is 0 Å². The average Bonchev–Trinajstić information content (AvgIpc) is 1.53. The number of hydrogen-bond acceptors (Lipinski definition) is 4. The Morgan fingerprint density at radius 2 is 1.33 bits per heavy atom. The molecule has 12 heavy (non-hydrogen) atoms. The fraction of sp³-hybridized carbons (Fsp3) is 1.00.